The number of carbonyl (C=O) groups excluding carboxylic acids is 2. The molecule has 0 bridgehead atoms. The van der Waals surface area contributed by atoms with Gasteiger partial charge in [0, 0.05) is 36.6 Å². The maximum absolute atomic E-state index is 13.6. The Morgan fingerprint density at radius 3 is 2.54 bits per heavy atom. The third-order valence-corrected chi connectivity index (χ3v) is 6.27. The minimum Gasteiger partial charge on any atom is -0.354 e. The van der Waals surface area contributed by atoms with Crippen molar-refractivity contribution in [3.05, 3.63) is 89.5 Å². The van der Waals surface area contributed by atoms with Crippen LogP contribution in [-0.2, 0) is 7.05 Å². The molecule has 2 amide bonds. The highest BCUT2D eigenvalue weighted by Crippen LogP contribution is 2.30. The van der Waals surface area contributed by atoms with Crippen LogP contribution in [0.15, 0.2) is 66.9 Å². The normalized spacial score (nSPS) is 12.1. The zero-order chi connectivity index (χ0) is 24.7. The van der Waals surface area contributed by atoms with Crippen LogP contribution in [0.4, 0.5) is 4.39 Å². The lowest BCUT2D eigenvalue weighted by molar-refractivity contribution is 0.0938. The number of rotatable bonds is 5. The molecule has 3 N–H and O–H groups in total. The van der Waals surface area contributed by atoms with Crippen molar-refractivity contribution in [1.29, 1.82) is 0 Å². The predicted molar refractivity (Wildman–Crippen MR) is 134 cm³/mol. The number of aryl methyl sites for hydroxylation is 1. The van der Waals surface area contributed by atoms with E-state index in [1.165, 1.54) is 12.1 Å². The zero-order valence-electron chi connectivity index (χ0n) is 19.5. The van der Waals surface area contributed by atoms with Crippen LogP contribution in [0.25, 0.3) is 32.9 Å². The first-order chi connectivity index (χ1) is 16.9. The number of hydrogen-bond donors (Lipinski definition) is 3. The standard InChI is InChI=1S/C27H24FN5O2/c1-15(16-5-4-6-19(28)11-16)30-26(34)22-14-33(3)24-10-8-17(12-21(22)24)18-7-9-20-23(13-18)31-32-25(20)27(35)29-2/h4-15H,1-3H3,(H,29,35)(H,30,34)(H,31,32)/t15-/m0/s1. The largest absolute Gasteiger partial charge is 0.354 e. The second-order valence-corrected chi connectivity index (χ2v) is 8.55. The summed E-state index contributed by atoms with van der Waals surface area (Å²) in [5.41, 5.74) is 5.10. The molecule has 3 aromatic carbocycles. The lowest BCUT2D eigenvalue weighted by atomic mass is 10.0. The molecule has 2 heterocycles. The molecular weight excluding hydrogens is 445 g/mol. The Morgan fingerprint density at radius 2 is 1.77 bits per heavy atom. The molecule has 5 aromatic rings. The molecule has 5 rings (SSSR count). The van der Waals surface area contributed by atoms with E-state index in [9.17, 15) is 14.0 Å². The van der Waals surface area contributed by atoms with Crippen LogP contribution < -0.4 is 10.6 Å². The maximum Gasteiger partial charge on any atom is 0.272 e. The summed E-state index contributed by atoms with van der Waals surface area (Å²) in [6.07, 6.45) is 1.80. The monoisotopic (exact) mass is 469 g/mol. The Morgan fingerprint density at radius 1 is 1.00 bits per heavy atom. The van der Waals surface area contributed by atoms with Crippen molar-refractivity contribution in [2.75, 3.05) is 7.05 Å². The second-order valence-electron chi connectivity index (χ2n) is 8.55. The van der Waals surface area contributed by atoms with E-state index in [1.807, 2.05) is 54.9 Å². The number of hydrogen-bond acceptors (Lipinski definition) is 3. The lowest BCUT2D eigenvalue weighted by Gasteiger charge is -2.14. The van der Waals surface area contributed by atoms with Crippen LogP contribution in [0.1, 0.15) is 39.4 Å². The summed E-state index contributed by atoms with van der Waals surface area (Å²) in [4.78, 5) is 25.2. The molecule has 0 unspecified atom stereocenters. The average molecular weight is 470 g/mol. The van der Waals surface area contributed by atoms with Gasteiger partial charge < -0.3 is 15.2 Å². The van der Waals surface area contributed by atoms with Gasteiger partial charge in [0.05, 0.1) is 17.1 Å². The van der Waals surface area contributed by atoms with Crippen molar-refractivity contribution in [2.24, 2.45) is 7.05 Å². The number of fused-ring (bicyclic) bond motifs is 2. The van der Waals surface area contributed by atoms with Gasteiger partial charge in [-0.25, -0.2) is 4.39 Å². The third kappa shape index (κ3) is 4.03. The van der Waals surface area contributed by atoms with E-state index < -0.39 is 0 Å². The Labute approximate surface area is 201 Å². The van der Waals surface area contributed by atoms with E-state index in [1.54, 1.807) is 25.4 Å². The number of H-pyrrole nitrogens is 1. The van der Waals surface area contributed by atoms with Gasteiger partial charge in [0.25, 0.3) is 11.8 Å². The summed E-state index contributed by atoms with van der Waals surface area (Å²) in [6.45, 7) is 1.83. The van der Waals surface area contributed by atoms with Crippen LogP contribution >= 0.6 is 0 Å². The number of carbonyl (C=O) groups is 2. The van der Waals surface area contributed by atoms with Crippen molar-refractivity contribution in [1.82, 2.24) is 25.4 Å². The molecule has 0 spiro atoms. The number of benzene rings is 3. The van der Waals surface area contributed by atoms with Crippen LogP contribution in [0.3, 0.4) is 0 Å². The van der Waals surface area contributed by atoms with E-state index in [-0.39, 0.29) is 23.7 Å². The first-order valence-electron chi connectivity index (χ1n) is 11.2. The number of aromatic nitrogens is 3. The molecule has 0 aliphatic heterocycles. The van der Waals surface area contributed by atoms with E-state index >= 15 is 0 Å². The molecule has 8 heteroatoms. The first kappa shape index (κ1) is 22.3. The zero-order valence-corrected chi connectivity index (χ0v) is 19.5. The molecule has 0 fully saturated rings. The van der Waals surface area contributed by atoms with Gasteiger partial charge in [-0.1, -0.05) is 24.3 Å². The minimum absolute atomic E-state index is 0.233. The van der Waals surface area contributed by atoms with Crippen molar-refractivity contribution in [3.8, 4) is 11.1 Å². The predicted octanol–water partition coefficient (Wildman–Crippen LogP) is 4.71. The van der Waals surface area contributed by atoms with Gasteiger partial charge in [0.2, 0.25) is 0 Å². The van der Waals surface area contributed by atoms with E-state index in [0.29, 0.717) is 16.8 Å². The van der Waals surface area contributed by atoms with Crippen molar-refractivity contribution in [2.45, 2.75) is 13.0 Å². The van der Waals surface area contributed by atoms with Gasteiger partial charge in [-0.3, -0.25) is 14.7 Å². The Hall–Kier alpha value is -4.46. The van der Waals surface area contributed by atoms with Gasteiger partial charge in [-0.15, -0.1) is 0 Å². The molecule has 0 aliphatic carbocycles. The highest BCUT2D eigenvalue weighted by molar-refractivity contribution is 6.08. The fourth-order valence-corrected chi connectivity index (χ4v) is 4.38. The molecule has 176 valence electrons. The Kier molecular flexibility index (Phi) is 5.56. The second kappa shape index (κ2) is 8.72. The number of amides is 2. The number of halogens is 1. The van der Waals surface area contributed by atoms with Gasteiger partial charge >= 0.3 is 0 Å². The molecule has 0 radical (unpaired) electrons. The molecule has 0 saturated heterocycles. The third-order valence-electron chi connectivity index (χ3n) is 6.27. The number of nitrogens with zero attached hydrogens (tertiary/aromatic N) is 2. The Balaban J connectivity index is 1.49. The van der Waals surface area contributed by atoms with Gasteiger partial charge in [-0.2, -0.15) is 5.10 Å². The summed E-state index contributed by atoms with van der Waals surface area (Å²) in [6, 6.07) is 17.6. The fraction of sp³-hybridized carbons (Fsp3) is 0.148. The minimum atomic E-state index is -0.353. The lowest BCUT2D eigenvalue weighted by Crippen LogP contribution is -2.26. The molecule has 7 nitrogen and oxygen atoms in total. The molecule has 2 aromatic heterocycles. The van der Waals surface area contributed by atoms with Crippen LogP contribution in [0, 0.1) is 5.82 Å². The summed E-state index contributed by atoms with van der Waals surface area (Å²) in [5.74, 6) is -0.823. The van der Waals surface area contributed by atoms with E-state index in [4.69, 9.17) is 0 Å². The van der Waals surface area contributed by atoms with Crippen LogP contribution in [0.5, 0.6) is 0 Å². The highest BCUT2D eigenvalue weighted by Gasteiger charge is 2.18. The van der Waals surface area contributed by atoms with Gasteiger partial charge in [0.1, 0.15) is 5.82 Å². The summed E-state index contributed by atoms with van der Waals surface area (Å²) in [5, 5.41) is 14.2. The summed E-state index contributed by atoms with van der Waals surface area (Å²) < 4.78 is 15.5. The smallest absolute Gasteiger partial charge is 0.272 e. The maximum atomic E-state index is 13.6. The summed E-state index contributed by atoms with van der Waals surface area (Å²) >= 11 is 0. The van der Waals surface area contributed by atoms with Crippen LogP contribution in [0.2, 0.25) is 0 Å². The van der Waals surface area contributed by atoms with Crippen molar-refractivity contribution >= 4 is 33.6 Å². The van der Waals surface area contributed by atoms with Gasteiger partial charge in [0.15, 0.2) is 5.69 Å². The first-order valence-corrected chi connectivity index (χ1v) is 11.2. The molecule has 35 heavy (non-hydrogen) atoms. The number of aromatic amines is 1. The van der Waals surface area contributed by atoms with Gasteiger partial charge in [-0.05, 0) is 60.0 Å². The van der Waals surface area contributed by atoms with E-state index in [0.717, 1.165) is 32.9 Å². The average Bonchev–Trinajstić information content (AvgIpc) is 3.44. The fourth-order valence-electron chi connectivity index (χ4n) is 4.38. The molecule has 0 aliphatic rings. The van der Waals surface area contributed by atoms with E-state index in [2.05, 4.69) is 20.8 Å². The topological polar surface area (TPSA) is 91.8 Å². The number of nitrogens with one attached hydrogen (secondary N) is 3. The molecular formula is C27H24FN5O2. The quantitative estimate of drug-likeness (QED) is 0.348. The highest BCUT2D eigenvalue weighted by atomic mass is 19.1. The van der Waals surface area contributed by atoms with Crippen LogP contribution in [-0.4, -0.2) is 33.6 Å². The van der Waals surface area contributed by atoms with Crippen molar-refractivity contribution in [3.63, 3.8) is 0 Å². The summed E-state index contributed by atoms with van der Waals surface area (Å²) in [7, 11) is 3.46. The molecule has 0 saturated carbocycles. The van der Waals surface area contributed by atoms with Crippen molar-refractivity contribution < 1.29 is 14.0 Å². The molecule has 1 atom stereocenters. The SMILES string of the molecule is CNC(=O)c1n[nH]c2cc(-c3ccc4c(c3)c(C(=O)N[C@@H](C)c3cccc(F)c3)cn4C)ccc12. The Bertz CT molecular complexity index is 1600.